The molecule has 4 N–H and O–H groups in total. The van der Waals surface area contributed by atoms with E-state index in [-0.39, 0.29) is 12.6 Å². The van der Waals surface area contributed by atoms with Crippen molar-refractivity contribution in [3.8, 4) is 11.5 Å². The molecule has 0 aliphatic carbocycles. The second-order valence-corrected chi connectivity index (χ2v) is 5.99. The van der Waals surface area contributed by atoms with E-state index < -0.39 is 43.3 Å². The van der Waals surface area contributed by atoms with Crippen LogP contribution in [0.4, 0.5) is 4.79 Å². The molecule has 0 aromatic heterocycles. The van der Waals surface area contributed by atoms with Gasteiger partial charge in [-0.15, -0.1) is 0 Å². The van der Waals surface area contributed by atoms with Crippen LogP contribution in [0.15, 0.2) is 18.2 Å². The molecule has 11 heteroatoms. The Morgan fingerprint density at radius 1 is 1.18 bits per heavy atom. The van der Waals surface area contributed by atoms with E-state index in [1.165, 1.54) is 20.0 Å². The van der Waals surface area contributed by atoms with Crippen molar-refractivity contribution < 1.29 is 38.1 Å². The Hall–Kier alpha value is -3.34. The van der Waals surface area contributed by atoms with Crippen molar-refractivity contribution in [3.05, 3.63) is 23.8 Å². The Morgan fingerprint density at radius 3 is 2.54 bits per heavy atom. The number of nitrogens with two attached hydrogens (primary N) is 2. The van der Waals surface area contributed by atoms with E-state index in [9.17, 15) is 19.2 Å². The van der Waals surface area contributed by atoms with Gasteiger partial charge in [-0.1, -0.05) is 0 Å². The summed E-state index contributed by atoms with van der Waals surface area (Å²) >= 11 is 0. The summed E-state index contributed by atoms with van der Waals surface area (Å²) in [5.41, 5.74) is 10.7. The van der Waals surface area contributed by atoms with Crippen LogP contribution < -0.4 is 20.9 Å². The third-order valence-corrected chi connectivity index (χ3v) is 4.01. The lowest BCUT2D eigenvalue weighted by Gasteiger charge is -2.23. The number of esters is 1. The number of hydrogen-bond acceptors (Lipinski definition) is 9. The average molecular weight is 395 g/mol. The lowest BCUT2D eigenvalue weighted by atomic mass is 10.0. The summed E-state index contributed by atoms with van der Waals surface area (Å²) in [5, 5.41) is 0. The number of amides is 2. The predicted octanol–water partition coefficient (Wildman–Crippen LogP) is -0.242. The molecule has 1 heterocycles. The number of fused-ring (bicyclic) bond motifs is 1. The van der Waals surface area contributed by atoms with Gasteiger partial charge < -0.3 is 35.3 Å². The molecule has 0 radical (unpaired) electrons. The lowest BCUT2D eigenvalue weighted by molar-refractivity contribution is -0.155. The van der Waals surface area contributed by atoms with Crippen molar-refractivity contribution in [2.45, 2.75) is 25.4 Å². The number of carbonyl (C=O) groups is 4. The highest BCUT2D eigenvalue weighted by molar-refractivity contribution is 6.01. The number of benzene rings is 1. The molecule has 1 aromatic rings. The molecule has 28 heavy (non-hydrogen) atoms. The molecule has 0 bridgehead atoms. The minimum atomic E-state index is -1.25. The van der Waals surface area contributed by atoms with Gasteiger partial charge in [-0.3, -0.25) is 14.4 Å². The molecule has 0 spiro atoms. The standard InChI is InChI=1S/C17H21N3O8/c1-9(15(22)10-3-4-12-13(5-10)26-7-25-12)20(2)17(24)28-8-27-16(23)11(18)6-14(19)21/h3-5,9,11H,6-8,18H2,1-2H3,(H2,19,21). The van der Waals surface area contributed by atoms with Gasteiger partial charge in [0, 0.05) is 12.6 Å². The smallest absolute Gasteiger partial charge is 0.413 e. The molecule has 2 amide bonds. The Bertz CT molecular complexity index is 782. The second-order valence-electron chi connectivity index (χ2n) is 5.99. The van der Waals surface area contributed by atoms with Crippen molar-refractivity contribution in [2.24, 2.45) is 11.5 Å². The van der Waals surface area contributed by atoms with E-state index in [0.717, 1.165) is 4.90 Å². The predicted molar refractivity (Wildman–Crippen MR) is 93.3 cm³/mol. The van der Waals surface area contributed by atoms with Crippen LogP contribution in [0.25, 0.3) is 0 Å². The van der Waals surface area contributed by atoms with E-state index in [1.807, 2.05) is 0 Å². The molecule has 0 saturated carbocycles. The number of likely N-dealkylation sites (N-methyl/N-ethyl adjacent to an activating group) is 1. The lowest BCUT2D eigenvalue weighted by Crippen LogP contribution is -2.41. The first-order valence-electron chi connectivity index (χ1n) is 8.24. The molecule has 1 aromatic carbocycles. The molecule has 2 atom stereocenters. The number of carbonyl (C=O) groups excluding carboxylic acids is 4. The first-order chi connectivity index (χ1) is 13.2. The fourth-order valence-corrected chi connectivity index (χ4v) is 2.27. The second kappa shape index (κ2) is 9.04. The summed E-state index contributed by atoms with van der Waals surface area (Å²) < 4.78 is 19.8. The summed E-state index contributed by atoms with van der Waals surface area (Å²) in [5.74, 6) is -1.08. The Balaban J connectivity index is 1.85. The topological polar surface area (TPSA) is 160 Å². The molecular weight excluding hydrogens is 374 g/mol. The van der Waals surface area contributed by atoms with Crippen molar-refractivity contribution in [3.63, 3.8) is 0 Å². The number of ether oxygens (including phenoxy) is 4. The average Bonchev–Trinajstić information content (AvgIpc) is 3.13. The highest BCUT2D eigenvalue weighted by atomic mass is 16.7. The molecule has 1 aliphatic rings. The SMILES string of the molecule is CC(C(=O)c1ccc2c(c1)OCO2)N(C)C(=O)OCOC(=O)C(N)CC(N)=O. The van der Waals surface area contributed by atoms with Gasteiger partial charge in [0.1, 0.15) is 6.04 Å². The van der Waals surface area contributed by atoms with E-state index >= 15 is 0 Å². The van der Waals surface area contributed by atoms with Gasteiger partial charge in [-0.2, -0.15) is 0 Å². The van der Waals surface area contributed by atoms with Gasteiger partial charge in [0.05, 0.1) is 12.5 Å². The number of primary amides is 1. The monoisotopic (exact) mass is 395 g/mol. The zero-order valence-corrected chi connectivity index (χ0v) is 15.4. The van der Waals surface area contributed by atoms with Crippen molar-refractivity contribution >= 4 is 23.8 Å². The highest BCUT2D eigenvalue weighted by Crippen LogP contribution is 2.32. The van der Waals surface area contributed by atoms with Crippen LogP contribution in [0.5, 0.6) is 11.5 Å². The van der Waals surface area contributed by atoms with Crippen LogP contribution in [0, 0.1) is 0 Å². The summed E-state index contributed by atoms with van der Waals surface area (Å²) in [6.45, 7) is 0.874. The van der Waals surface area contributed by atoms with Gasteiger partial charge in [0.2, 0.25) is 19.5 Å². The Kier molecular flexibility index (Phi) is 6.77. The first-order valence-corrected chi connectivity index (χ1v) is 8.24. The van der Waals surface area contributed by atoms with Gasteiger partial charge in [-0.25, -0.2) is 4.79 Å². The fraction of sp³-hybridized carbons (Fsp3) is 0.412. The highest BCUT2D eigenvalue weighted by Gasteiger charge is 2.27. The summed E-state index contributed by atoms with van der Waals surface area (Å²) in [7, 11) is 1.36. The number of rotatable bonds is 8. The van der Waals surface area contributed by atoms with E-state index in [0.29, 0.717) is 17.1 Å². The van der Waals surface area contributed by atoms with Crippen molar-refractivity contribution in [1.29, 1.82) is 0 Å². The maximum Gasteiger partial charge on any atom is 0.413 e. The quantitative estimate of drug-likeness (QED) is 0.344. The maximum absolute atomic E-state index is 12.6. The molecule has 1 aliphatic heterocycles. The van der Waals surface area contributed by atoms with Crippen LogP contribution >= 0.6 is 0 Å². The van der Waals surface area contributed by atoms with Crippen LogP contribution in [0.3, 0.4) is 0 Å². The zero-order valence-electron chi connectivity index (χ0n) is 15.4. The van der Waals surface area contributed by atoms with E-state index in [4.69, 9.17) is 25.7 Å². The fourth-order valence-electron chi connectivity index (χ4n) is 2.27. The van der Waals surface area contributed by atoms with Gasteiger partial charge in [-0.05, 0) is 25.1 Å². The first kappa shape index (κ1) is 21.0. The normalized spacial score (nSPS) is 14.0. The van der Waals surface area contributed by atoms with E-state index in [1.54, 1.807) is 12.1 Å². The third kappa shape index (κ3) is 5.10. The molecule has 0 saturated heterocycles. The summed E-state index contributed by atoms with van der Waals surface area (Å²) in [4.78, 5) is 47.9. The number of hydrogen-bond donors (Lipinski definition) is 2. The molecule has 152 valence electrons. The van der Waals surface area contributed by atoms with Crippen LogP contribution in [0.1, 0.15) is 23.7 Å². The molecule has 11 nitrogen and oxygen atoms in total. The van der Waals surface area contributed by atoms with Crippen molar-refractivity contribution in [2.75, 3.05) is 20.6 Å². The minimum absolute atomic E-state index is 0.0799. The zero-order chi connectivity index (χ0) is 20.8. The third-order valence-electron chi connectivity index (χ3n) is 4.01. The number of Topliss-reactive ketones (excluding diaryl/α,β-unsaturated/α-hetero) is 1. The van der Waals surface area contributed by atoms with Crippen LogP contribution in [-0.2, 0) is 19.1 Å². The molecular formula is C17H21N3O8. The van der Waals surface area contributed by atoms with Gasteiger partial charge >= 0.3 is 12.1 Å². The van der Waals surface area contributed by atoms with Crippen LogP contribution in [-0.4, -0.2) is 61.4 Å². The molecule has 2 unspecified atom stereocenters. The maximum atomic E-state index is 12.6. The number of nitrogens with zero attached hydrogens (tertiary/aromatic N) is 1. The summed E-state index contributed by atoms with van der Waals surface area (Å²) in [6, 6.07) is 2.59. The summed E-state index contributed by atoms with van der Waals surface area (Å²) in [6.07, 6.45) is -1.29. The molecule has 0 fully saturated rings. The van der Waals surface area contributed by atoms with Crippen molar-refractivity contribution in [1.82, 2.24) is 4.90 Å². The Morgan fingerprint density at radius 2 is 1.86 bits per heavy atom. The number of ketones is 1. The largest absolute Gasteiger partial charge is 0.454 e. The van der Waals surface area contributed by atoms with Gasteiger partial charge in [0.25, 0.3) is 0 Å². The molecule has 2 rings (SSSR count). The van der Waals surface area contributed by atoms with Gasteiger partial charge in [0.15, 0.2) is 17.3 Å². The minimum Gasteiger partial charge on any atom is -0.454 e. The Labute approximate surface area is 160 Å². The van der Waals surface area contributed by atoms with E-state index in [2.05, 4.69) is 4.74 Å². The van der Waals surface area contributed by atoms with Crippen LogP contribution in [0.2, 0.25) is 0 Å².